The molecule has 1 N–H and O–H groups in total. The van der Waals surface area contributed by atoms with Crippen molar-refractivity contribution in [3.05, 3.63) is 99.0 Å². The van der Waals surface area contributed by atoms with Gasteiger partial charge in [-0.05, 0) is 54.4 Å². The number of nitrogens with zero attached hydrogens (tertiary/aromatic N) is 1. The summed E-state index contributed by atoms with van der Waals surface area (Å²) in [4.78, 5) is 12.8. The summed E-state index contributed by atoms with van der Waals surface area (Å²) in [6.45, 7) is 1.40. The summed E-state index contributed by atoms with van der Waals surface area (Å²) in [5.74, 6) is -0.432. The van der Waals surface area contributed by atoms with E-state index in [4.69, 9.17) is 34.8 Å². The maximum Gasteiger partial charge on any atom is 0.243 e. The summed E-state index contributed by atoms with van der Waals surface area (Å²) in [5, 5.41) is 3.92. The van der Waals surface area contributed by atoms with Crippen LogP contribution in [0.3, 0.4) is 0 Å². The number of amides is 1. The zero-order valence-corrected chi connectivity index (χ0v) is 20.2. The second-order valence-electron chi connectivity index (χ2n) is 7.18. The van der Waals surface area contributed by atoms with Gasteiger partial charge in [0, 0.05) is 11.6 Å². The molecule has 0 unspecified atom stereocenters. The maximum atomic E-state index is 13.3. The quantitative estimate of drug-likeness (QED) is 0.421. The zero-order chi connectivity index (χ0) is 23.3. The minimum Gasteiger partial charge on any atom is -0.348 e. The molecule has 0 aromatic heterocycles. The van der Waals surface area contributed by atoms with Crippen molar-refractivity contribution in [3.63, 3.8) is 0 Å². The number of hydrogen-bond acceptors (Lipinski definition) is 3. The van der Waals surface area contributed by atoms with E-state index in [0.717, 1.165) is 9.87 Å². The second-order valence-corrected chi connectivity index (χ2v) is 10.4. The van der Waals surface area contributed by atoms with Gasteiger partial charge in [-0.1, -0.05) is 71.2 Å². The van der Waals surface area contributed by atoms with Crippen LogP contribution in [0.1, 0.15) is 24.1 Å². The van der Waals surface area contributed by atoms with E-state index < -0.39 is 15.9 Å². The Labute approximate surface area is 203 Å². The summed E-state index contributed by atoms with van der Waals surface area (Å²) < 4.78 is 27.8. The molecule has 0 aliphatic heterocycles. The number of nitrogens with one attached hydrogen (secondary N) is 1. The smallest absolute Gasteiger partial charge is 0.243 e. The van der Waals surface area contributed by atoms with Gasteiger partial charge in [0.2, 0.25) is 15.9 Å². The van der Waals surface area contributed by atoms with Crippen LogP contribution in [0.15, 0.2) is 77.7 Å². The highest BCUT2D eigenvalue weighted by Gasteiger charge is 2.27. The summed E-state index contributed by atoms with van der Waals surface area (Å²) >= 11 is 18.0. The predicted octanol–water partition coefficient (Wildman–Crippen LogP) is 5.72. The number of carbonyl (C=O) groups is 1. The van der Waals surface area contributed by atoms with Crippen LogP contribution < -0.4 is 5.32 Å². The molecule has 32 heavy (non-hydrogen) atoms. The molecular formula is C23H21Cl3N2O3S. The Kier molecular flexibility index (Phi) is 8.20. The van der Waals surface area contributed by atoms with E-state index in [9.17, 15) is 13.2 Å². The van der Waals surface area contributed by atoms with Crippen LogP contribution in [0.2, 0.25) is 15.1 Å². The normalized spacial score (nSPS) is 12.5. The Hall–Kier alpha value is -2.09. The lowest BCUT2D eigenvalue weighted by molar-refractivity contribution is -0.122. The minimum absolute atomic E-state index is 0.0332. The molecule has 168 valence electrons. The number of rotatable bonds is 8. The molecule has 1 amide bonds. The van der Waals surface area contributed by atoms with E-state index in [0.29, 0.717) is 20.6 Å². The highest BCUT2D eigenvalue weighted by molar-refractivity contribution is 7.89. The number of hydrogen-bond donors (Lipinski definition) is 1. The first-order valence-electron chi connectivity index (χ1n) is 9.71. The fraction of sp³-hybridized carbons (Fsp3) is 0.174. The fourth-order valence-electron chi connectivity index (χ4n) is 3.10. The van der Waals surface area contributed by atoms with Gasteiger partial charge >= 0.3 is 0 Å². The molecule has 0 aliphatic carbocycles. The molecule has 0 bridgehead atoms. The molecule has 5 nitrogen and oxygen atoms in total. The van der Waals surface area contributed by atoms with Gasteiger partial charge in [-0.2, -0.15) is 4.31 Å². The Balaban J connectivity index is 1.86. The van der Waals surface area contributed by atoms with Crippen LogP contribution in [0.25, 0.3) is 0 Å². The molecule has 3 aromatic carbocycles. The van der Waals surface area contributed by atoms with E-state index in [-0.39, 0.29) is 24.0 Å². The van der Waals surface area contributed by atoms with Crippen LogP contribution >= 0.6 is 34.8 Å². The van der Waals surface area contributed by atoms with Crippen molar-refractivity contribution >= 4 is 50.7 Å². The third kappa shape index (κ3) is 6.24. The minimum atomic E-state index is -4.00. The van der Waals surface area contributed by atoms with Crippen molar-refractivity contribution < 1.29 is 13.2 Å². The monoisotopic (exact) mass is 510 g/mol. The van der Waals surface area contributed by atoms with E-state index in [2.05, 4.69) is 5.32 Å². The van der Waals surface area contributed by atoms with Gasteiger partial charge in [0.05, 0.1) is 27.5 Å². The standard InChI is InChI=1S/C23H21Cl3N2O3S/c1-16(18-5-3-2-4-6-18)27-23(29)15-28(14-17-7-12-21(25)22(26)13-17)32(30,31)20-10-8-19(24)9-11-20/h2-13,16H,14-15H2,1H3,(H,27,29)/t16-/m0/s1. The largest absolute Gasteiger partial charge is 0.348 e. The Bertz CT molecular complexity index is 1190. The molecule has 0 fully saturated rings. The first-order valence-corrected chi connectivity index (χ1v) is 12.3. The topological polar surface area (TPSA) is 66.5 Å². The Morgan fingerprint density at radius 2 is 1.59 bits per heavy atom. The van der Waals surface area contributed by atoms with E-state index >= 15 is 0 Å². The van der Waals surface area contributed by atoms with Crippen molar-refractivity contribution in [3.8, 4) is 0 Å². The first kappa shape index (κ1) is 24.6. The van der Waals surface area contributed by atoms with Gasteiger partial charge in [-0.25, -0.2) is 8.42 Å². The molecule has 0 radical (unpaired) electrons. The van der Waals surface area contributed by atoms with Crippen molar-refractivity contribution in [2.24, 2.45) is 0 Å². The number of benzene rings is 3. The van der Waals surface area contributed by atoms with Crippen LogP contribution in [-0.2, 0) is 21.4 Å². The van der Waals surface area contributed by atoms with Gasteiger partial charge < -0.3 is 5.32 Å². The first-order chi connectivity index (χ1) is 15.2. The lowest BCUT2D eigenvalue weighted by Crippen LogP contribution is -2.41. The Morgan fingerprint density at radius 3 is 2.22 bits per heavy atom. The fourth-order valence-corrected chi connectivity index (χ4v) is 4.93. The van der Waals surface area contributed by atoms with E-state index in [1.165, 1.54) is 24.3 Å². The third-order valence-electron chi connectivity index (χ3n) is 4.79. The van der Waals surface area contributed by atoms with E-state index in [1.807, 2.05) is 37.3 Å². The van der Waals surface area contributed by atoms with Gasteiger partial charge in [0.1, 0.15) is 0 Å². The lowest BCUT2D eigenvalue weighted by atomic mass is 10.1. The van der Waals surface area contributed by atoms with Crippen LogP contribution in [0.4, 0.5) is 0 Å². The second kappa shape index (κ2) is 10.7. The van der Waals surface area contributed by atoms with Crippen molar-refractivity contribution in [1.82, 2.24) is 9.62 Å². The van der Waals surface area contributed by atoms with Crippen molar-refractivity contribution in [1.29, 1.82) is 0 Å². The van der Waals surface area contributed by atoms with Crippen LogP contribution in [0.5, 0.6) is 0 Å². The Morgan fingerprint density at radius 1 is 0.938 bits per heavy atom. The van der Waals surface area contributed by atoms with Crippen molar-refractivity contribution in [2.75, 3.05) is 6.54 Å². The average molecular weight is 512 g/mol. The molecule has 0 aliphatic rings. The summed E-state index contributed by atoms with van der Waals surface area (Å²) in [6.07, 6.45) is 0. The average Bonchev–Trinajstić information content (AvgIpc) is 2.76. The molecular weight excluding hydrogens is 491 g/mol. The van der Waals surface area contributed by atoms with Gasteiger partial charge in [0.15, 0.2) is 0 Å². The third-order valence-corrected chi connectivity index (χ3v) is 7.59. The maximum absolute atomic E-state index is 13.3. The summed E-state index contributed by atoms with van der Waals surface area (Å²) in [5.41, 5.74) is 1.51. The van der Waals surface area contributed by atoms with Crippen molar-refractivity contribution in [2.45, 2.75) is 24.4 Å². The summed E-state index contributed by atoms with van der Waals surface area (Å²) in [6, 6.07) is 19.8. The number of halogens is 3. The highest BCUT2D eigenvalue weighted by atomic mass is 35.5. The number of sulfonamides is 1. The molecule has 3 rings (SSSR count). The highest BCUT2D eigenvalue weighted by Crippen LogP contribution is 2.25. The van der Waals surface area contributed by atoms with Crippen LogP contribution in [-0.4, -0.2) is 25.2 Å². The molecule has 0 heterocycles. The molecule has 3 aromatic rings. The van der Waals surface area contributed by atoms with Gasteiger partial charge in [-0.3, -0.25) is 4.79 Å². The zero-order valence-electron chi connectivity index (χ0n) is 17.1. The van der Waals surface area contributed by atoms with Crippen LogP contribution in [0, 0.1) is 0 Å². The van der Waals surface area contributed by atoms with E-state index in [1.54, 1.807) is 18.2 Å². The number of carbonyl (C=O) groups excluding carboxylic acids is 1. The molecule has 1 atom stereocenters. The predicted molar refractivity (Wildman–Crippen MR) is 129 cm³/mol. The van der Waals surface area contributed by atoms with Gasteiger partial charge in [-0.15, -0.1) is 0 Å². The summed E-state index contributed by atoms with van der Waals surface area (Å²) in [7, 11) is -4.00. The molecule has 0 saturated heterocycles. The lowest BCUT2D eigenvalue weighted by Gasteiger charge is -2.23. The SMILES string of the molecule is C[C@H](NC(=O)CN(Cc1ccc(Cl)c(Cl)c1)S(=O)(=O)c1ccc(Cl)cc1)c1ccccc1. The molecule has 9 heteroatoms. The molecule has 0 spiro atoms. The van der Waals surface area contributed by atoms with Gasteiger partial charge in [0.25, 0.3) is 0 Å². The molecule has 0 saturated carbocycles.